The first-order valence-corrected chi connectivity index (χ1v) is 34.5. The van der Waals surface area contributed by atoms with Crippen LogP contribution in [0.1, 0.15) is 104 Å². The first-order valence-electron chi connectivity index (χ1n) is 31.3. The van der Waals surface area contributed by atoms with Crippen molar-refractivity contribution in [2.24, 2.45) is 9.98 Å². The Balaban J connectivity index is 0.000000278. The number of carbonyl (C=O) groups excluding carboxylic acids is 3. The number of aryl methyl sites for hydroxylation is 4. The lowest BCUT2D eigenvalue weighted by molar-refractivity contribution is -0.138. The van der Waals surface area contributed by atoms with Gasteiger partial charge in [-0.1, -0.05) is 36.4 Å². The van der Waals surface area contributed by atoms with Crippen molar-refractivity contribution in [2.75, 3.05) is 105 Å². The molecule has 528 valence electrons. The number of rotatable bonds is 30. The van der Waals surface area contributed by atoms with Crippen molar-refractivity contribution in [1.29, 1.82) is 0 Å². The fraction of sp³-hybridized carbons (Fsp3) is 0.441. The van der Waals surface area contributed by atoms with Gasteiger partial charge < -0.3 is 44.9 Å². The first-order chi connectivity index (χ1) is 45.8. The van der Waals surface area contributed by atoms with Crippen LogP contribution in [0.15, 0.2) is 133 Å². The third kappa shape index (κ3) is 21.7. The fourth-order valence-electron chi connectivity index (χ4n) is 10.7. The van der Waals surface area contributed by atoms with E-state index in [2.05, 4.69) is 52.3 Å². The molecule has 2 spiro atoms. The molecule has 0 saturated carbocycles. The van der Waals surface area contributed by atoms with Gasteiger partial charge in [-0.25, -0.2) is 30.2 Å². The van der Waals surface area contributed by atoms with Crippen molar-refractivity contribution in [1.82, 2.24) is 29.5 Å². The van der Waals surface area contributed by atoms with E-state index in [-0.39, 0.29) is 135 Å². The van der Waals surface area contributed by atoms with Gasteiger partial charge in [0.1, 0.15) is 34.2 Å². The third-order valence-corrected chi connectivity index (χ3v) is 20.1. The summed E-state index contributed by atoms with van der Waals surface area (Å²) in [6.07, 6.45) is -1.20. The number of benzene rings is 4. The lowest BCUT2D eigenvalue weighted by atomic mass is 9.89. The number of piperidine rings is 2. The maximum absolute atomic E-state index is 13.6. The number of hydrogen-bond acceptors (Lipinski definition) is 15. The van der Waals surface area contributed by atoms with Crippen LogP contribution >= 0.6 is 0 Å². The molecular formula is C68H84F6N8O13S2. The second-order valence-corrected chi connectivity index (χ2v) is 27.5. The number of ether oxygens (including phenoxy) is 4. The Hall–Kier alpha value is -8.06. The molecule has 4 aromatic carbocycles. The molecule has 29 heteroatoms. The average Bonchev–Trinajstić information content (AvgIpc) is 1.64. The molecule has 0 atom stereocenters. The number of carboxylic acids is 1. The number of alkyl halides is 6. The highest BCUT2D eigenvalue weighted by molar-refractivity contribution is 7.89. The summed E-state index contributed by atoms with van der Waals surface area (Å²) < 4.78 is 158. The van der Waals surface area contributed by atoms with Crippen LogP contribution < -0.4 is 25.4 Å². The molecule has 4 N–H and O–H groups in total. The lowest BCUT2D eigenvalue weighted by Gasteiger charge is -2.34. The average molecular weight is 1400 g/mol. The van der Waals surface area contributed by atoms with E-state index in [4.69, 9.17) is 24.1 Å². The van der Waals surface area contributed by atoms with E-state index >= 15 is 0 Å². The fourth-order valence-corrected chi connectivity index (χ4v) is 13.7. The molecule has 4 heterocycles. The molecule has 21 nitrogen and oxygen atoms in total. The summed E-state index contributed by atoms with van der Waals surface area (Å²) in [5.41, 5.74) is -0.810. The number of sulfonamides is 2. The topological polar surface area (TPSA) is 264 Å². The van der Waals surface area contributed by atoms with Crippen molar-refractivity contribution in [3.63, 3.8) is 0 Å². The standard InChI is InChI=1S/C34H41F3N4O6S.C28H30F3N3O6S.C6H13NO/c1-5-7-17-47-29-22-27(21-28(23-29)34(35,36)37)30-38-32(43)33(39-30)11-13-41(14-12-33)48(44,45)19-10-25-8-9-26(20-24(25)3)31(42)40(4)15-18-46-16-6-2;1-3-4-12-40-23-16-21(15-22(17-23)28(29,30)31)24-32-26(37)27(33-24)8-10-34(11-9-27)41(38,39)13-7-19-5-6-20(25(35)36)14-18(19)2;1-3-5-8-6-4-7-2/h5-6,8-9,20-23H,1-2,7,10-19H2,3-4H3,(H,38,39,43);3,5-6,14-17H,1,4,7-13H2,2H3,(H,35,36)(H,32,33,37);3,7H,1,4-6H2,2H3. The Labute approximate surface area is 562 Å². The minimum atomic E-state index is -4.65. The number of hydrogen-bond donors (Lipinski definition) is 4. The zero-order valence-electron chi connectivity index (χ0n) is 54.8. The van der Waals surface area contributed by atoms with Gasteiger partial charge in [0.25, 0.3) is 17.7 Å². The third-order valence-electron chi connectivity index (χ3n) is 16.4. The number of likely N-dealkylation sites (N-methyl/N-ethyl adjacent to an activating group) is 2. The van der Waals surface area contributed by atoms with Crippen LogP contribution in [0.4, 0.5) is 26.3 Å². The molecule has 4 aliphatic rings. The number of aliphatic imine (C=N–C) groups is 2. The first kappa shape index (κ1) is 77.9. The van der Waals surface area contributed by atoms with Gasteiger partial charge in [-0.15, -0.1) is 26.3 Å². The molecule has 97 heavy (non-hydrogen) atoms. The minimum Gasteiger partial charge on any atom is -0.493 e. The quantitative estimate of drug-likeness (QED) is 0.0216. The molecule has 2 saturated heterocycles. The van der Waals surface area contributed by atoms with Gasteiger partial charge in [0.15, 0.2) is 0 Å². The molecule has 2 fully saturated rings. The Kier molecular flexibility index (Phi) is 28.1. The second-order valence-electron chi connectivity index (χ2n) is 23.3. The number of aromatic carboxylic acids is 1. The highest BCUT2D eigenvalue weighted by Gasteiger charge is 2.49. The van der Waals surface area contributed by atoms with Gasteiger partial charge in [0, 0.05) is 63.0 Å². The Bertz CT molecular complexity index is 3790. The highest BCUT2D eigenvalue weighted by atomic mass is 32.2. The van der Waals surface area contributed by atoms with Crippen molar-refractivity contribution < 1.29 is 86.4 Å². The predicted molar refractivity (Wildman–Crippen MR) is 357 cm³/mol. The largest absolute Gasteiger partial charge is 0.493 e. The van der Waals surface area contributed by atoms with Gasteiger partial charge in [0.05, 0.1) is 67.8 Å². The Morgan fingerprint density at radius 2 is 1.04 bits per heavy atom. The Morgan fingerprint density at radius 3 is 1.42 bits per heavy atom. The predicted octanol–water partition coefficient (Wildman–Crippen LogP) is 8.89. The smallest absolute Gasteiger partial charge is 0.416 e. The number of nitrogens with zero attached hydrogens (tertiary/aromatic N) is 5. The summed E-state index contributed by atoms with van der Waals surface area (Å²) in [5, 5.41) is 17.3. The van der Waals surface area contributed by atoms with E-state index in [1.165, 1.54) is 32.9 Å². The molecule has 8 rings (SSSR count). The zero-order valence-corrected chi connectivity index (χ0v) is 56.4. The van der Waals surface area contributed by atoms with Gasteiger partial charge >= 0.3 is 18.3 Å². The normalized spacial score (nSPS) is 16.1. The van der Waals surface area contributed by atoms with Crippen LogP contribution in [0.3, 0.4) is 0 Å². The molecule has 0 aliphatic carbocycles. The number of halogens is 6. The van der Waals surface area contributed by atoms with Crippen LogP contribution in [0.25, 0.3) is 0 Å². The molecule has 4 aromatic rings. The van der Waals surface area contributed by atoms with E-state index in [0.717, 1.165) is 48.5 Å². The summed E-state index contributed by atoms with van der Waals surface area (Å²) in [6.45, 7) is 21.6. The molecule has 4 aliphatic heterocycles. The summed E-state index contributed by atoms with van der Waals surface area (Å²) >= 11 is 0. The van der Waals surface area contributed by atoms with Crippen LogP contribution in [0.5, 0.6) is 11.5 Å². The summed E-state index contributed by atoms with van der Waals surface area (Å²) in [4.78, 5) is 60.6. The van der Waals surface area contributed by atoms with Crippen LogP contribution in [0, 0.1) is 13.8 Å². The van der Waals surface area contributed by atoms with E-state index in [9.17, 15) is 62.4 Å². The van der Waals surface area contributed by atoms with Crippen LogP contribution in [-0.4, -0.2) is 186 Å². The lowest BCUT2D eigenvalue weighted by Crippen LogP contribution is -2.50. The monoisotopic (exact) mass is 1400 g/mol. The molecule has 0 bridgehead atoms. The second kappa shape index (κ2) is 34.9. The van der Waals surface area contributed by atoms with Gasteiger partial charge in [0.2, 0.25) is 20.0 Å². The summed E-state index contributed by atoms with van der Waals surface area (Å²) in [7, 11) is -3.83. The van der Waals surface area contributed by atoms with Crippen LogP contribution in [0.2, 0.25) is 0 Å². The minimum absolute atomic E-state index is 0.0133. The SMILES string of the molecule is C=CCCOc1cc(C2=NC3(CCN(S(=O)(=O)CCc4ccc(C(=O)N(C)CCOCC=C)cc4C)CC3)C(=O)N2)cc(C(F)(F)F)c1.C=CCCOc1cc(C2=NC3(CCN(S(=O)(=O)CCc4ccc(C(=O)O)cc4C)CC3)C(=O)N2)cc(C(F)(F)F)c1.C=CCOCCNC. The van der Waals surface area contributed by atoms with Crippen molar-refractivity contribution >= 4 is 55.4 Å². The van der Waals surface area contributed by atoms with Crippen molar-refractivity contribution in [2.45, 2.75) is 88.6 Å². The van der Waals surface area contributed by atoms with Gasteiger partial charge in [-0.2, -0.15) is 26.3 Å². The maximum atomic E-state index is 13.6. The van der Waals surface area contributed by atoms with Crippen LogP contribution in [-0.2, 0) is 64.3 Å². The van der Waals surface area contributed by atoms with E-state index in [0.29, 0.717) is 55.9 Å². The zero-order chi connectivity index (χ0) is 71.4. The highest BCUT2D eigenvalue weighted by Crippen LogP contribution is 2.38. The molecule has 0 unspecified atom stereocenters. The summed E-state index contributed by atoms with van der Waals surface area (Å²) in [6, 6.07) is 16.0. The summed E-state index contributed by atoms with van der Waals surface area (Å²) in [5.74, 6) is -2.67. The molecule has 0 aromatic heterocycles. The number of nitrogens with one attached hydrogen (secondary N) is 3. The van der Waals surface area contributed by atoms with E-state index in [1.807, 2.05) is 14.0 Å². The number of amides is 3. The van der Waals surface area contributed by atoms with E-state index < -0.39 is 72.4 Å². The maximum Gasteiger partial charge on any atom is 0.416 e. The van der Waals surface area contributed by atoms with Crippen molar-refractivity contribution in [3.8, 4) is 11.5 Å². The number of amidine groups is 2. The van der Waals surface area contributed by atoms with Crippen molar-refractivity contribution in [3.05, 3.63) is 179 Å². The molecular weight excluding hydrogens is 1310 g/mol. The van der Waals surface area contributed by atoms with Gasteiger partial charge in [-0.3, -0.25) is 24.4 Å². The van der Waals surface area contributed by atoms with E-state index in [1.54, 1.807) is 67.4 Å². The number of carboxylic acid groups (broad SMARTS) is 1. The Morgan fingerprint density at radius 1 is 0.629 bits per heavy atom. The number of carbonyl (C=O) groups is 4. The molecule has 0 radical (unpaired) electrons. The molecule has 3 amide bonds. The van der Waals surface area contributed by atoms with Gasteiger partial charge in [-0.05, 0) is 155 Å².